The monoisotopic (exact) mass is 500 g/mol. The Hall–Kier alpha value is -3.87. The zero-order valence-electron chi connectivity index (χ0n) is 22.0. The number of hydrogen-bond acceptors (Lipinski definition) is 5. The summed E-state index contributed by atoms with van der Waals surface area (Å²) in [6.07, 6.45) is 12.0. The number of allylic oxidation sites excluding steroid dienone is 2. The van der Waals surface area contributed by atoms with Crippen LogP contribution in [-0.4, -0.2) is 28.4 Å². The first-order valence-electron chi connectivity index (χ1n) is 12.8. The van der Waals surface area contributed by atoms with Crippen molar-refractivity contribution < 1.29 is 14.3 Å². The van der Waals surface area contributed by atoms with Crippen LogP contribution in [0, 0.1) is 5.92 Å². The first-order valence-corrected chi connectivity index (χ1v) is 12.8. The summed E-state index contributed by atoms with van der Waals surface area (Å²) in [5, 5.41) is 6.18. The molecule has 1 aromatic heterocycles. The quantitative estimate of drug-likeness (QED) is 0.159. The molecule has 2 N–H and O–H groups in total. The number of hydrogen-bond donors (Lipinski definition) is 2. The van der Waals surface area contributed by atoms with Crippen LogP contribution < -0.4 is 10.6 Å². The second-order valence-corrected chi connectivity index (χ2v) is 9.81. The van der Waals surface area contributed by atoms with Crippen molar-refractivity contribution in [1.29, 1.82) is 0 Å². The average Bonchev–Trinajstić information content (AvgIpc) is 3.27. The molecule has 194 valence electrons. The van der Waals surface area contributed by atoms with Crippen LogP contribution in [0.25, 0.3) is 5.70 Å². The normalized spacial score (nSPS) is 20.4. The van der Waals surface area contributed by atoms with E-state index in [1.165, 1.54) is 6.08 Å². The fourth-order valence-electron chi connectivity index (χ4n) is 5.24. The van der Waals surface area contributed by atoms with Gasteiger partial charge in [-0.25, -0.2) is 4.98 Å². The second kappa shape index (κ2) is 11.0. The van der Waals surface area contributed by atoms with Gasteiger partial charge >= 0.3 is 0 Å². The van der Waals surface area contributed by atoms with Gasteiger partial charge in [-0.15, -0.1) is 0 Å². The molecule has 0 unspecified atom stereocenters. The molecule has 3 fully saturated rings. The van der Waals surface area contributed by atoms with Gasteiger partial charge in [0, 0.05) is 17.6 Å². The number of carbonyl (C=O) groups is 2. The second-order valence-electron chi connectivity index (χ2n) is 9.81. The van der Waals surface area contributed by atoms with Crippen molar-refractivity contribution in [2.24, 2.45) is 5.92 Å². The van der Waals surface area contributed by atoms with Gasteiger partial charge in [-0.1, -0.05) is 44.4 Å². The molecular weight excluding hydrogens is 464 g/mol. The molecule has 5 rings (SSSR count). The largest absolute Gasteiger partial charge is 0.495 e. The number of nitrogens with one attached hydrogen (secondary N) is 2. The van der Waals surface area contributed by atoms with Crippen molar-refractivity contribution in [2.45, 2.75) is 57.9 Å². The van der Waals surface area contributed by atoms with Gasteiger partial charge in [0.05, 0.1) is 24.8 Å². The van der Waals surface area contributed by atoms with Crippen LogP contribution in [0.3, 0.4) is 0 Å². The number of methoxy groups -OCH3 is 1. The number of aromatic nitrogens is 2. The minimum atomic E-state index is -0.264. The Balaban J connectivity index is 1.60. The minimum absolute atomic E-state index is 0.0207. The molecule has 3 aliphatic rings. The highest BCUT2D eigenvalue weighted by atomic mass is 16.5. The summed E-state index contributed by atoms with van der Waals surface area (Å²) in [5.41, 5.74) is 4.48. The fraction of sp³-hybridized carbons (Fsp3) is 0.367. The molecule has 1 amide bonds. The van der Waals surface area contributed by atoms with Gasteiger partial charge in [0.2, 0.25) is 5.91 Å². The molecule has 0 aliphatic heterocycles. The smallest absolute Gasteiger partial charge is 0.247 e. The van der Waals surface area contributed by atoms with Crippen LogP contribution in [0.15, 0.2) is 73.4 Å². The lowest BCUT2D eigenvalue weighted by molar-refractivity contribution is -0.111. The van der Waals surface area contributed by atoms with Crippen molar-refractivity contribution in [2.75, 3.05) is 12.4 Å². The molecule has 7 nitrogen and oxygen atoms in total. The Labute approximate surface area is 219 Å². The zero-order chi connectivity index (χ0) is 26.6. The van der Waals surface area contributed by atoms with Crippen molar-refractivity contribution in [3.05, 3.63) is 90.4 Å². The first-order chi connectivity index (χ1) is 17.8. The first kappa shape index (κ1) is 26.2. The topological polar surface area (TPSA) is 85.2 Å². The molecule has 0 spiro atoms. The van der Waals surface area contributed by atoms with Gasteiger partial charge in [-0.2, -0.15) is 0 Å². The third-order valence-corrected chi connectivity index (χ3v) is 7.34. The molecule has 1 heterocycles. The third-order valence-electron chi connectivity index (χ3n) is 7.34. The Morgan fingerprint density at radius 1 is 1.30 bits per heavy atom. The number of amides is 1. The van der Waals surface area contributed by atoms with Gasteiger partial charge in [-0.05, 0) is 68.7 Å². The SMILES string of the molecule is C=CC(=O)Nc1cccc(CCC(=O)c2c(/C(=C\C)N/C(=C/CC)C(=C)OC)ncn2C23CC(C2)C3)c1. The van der Waals surface area contributed by atoms with Crippen molar-refractivity contribution in [3.63, 3.8) is 0 Å². The summed E-state index contributed by atoms with van der Waals surface area (Å²) in [7, 11) is 1.59. The van der Waals surface area contributed by atoms with E-state index in [0.29, 0.717) is 35.7 Å². The van der Waals surface area contributed by atoms with Crippen molar-refractivity contribution >= 4 is 23.1 Å². The highest BCUT2D eigenvalue weighted by molar-refractivity contribution is 5.99. The van der Waals surface area contributed by atoms with E-state index in [0.717, 1.165) is 48.6 Å². The van der Waals surface area contributed by atoms with Crippen molar-refractivity contribution in [3.8, 4) is 0 Å². The molecule has 0 saturated heterocycles. The van der Waals surface area contributed by atoms with E-state index in [1.54, 1.807) is 7.11 Å². The predicted octanol–water partition coefficient (Wildman–Crippen LogP) is 5.74. The molecule has 0 atom stereocenters. The predicted molar refractivity (Wildman–Crippen MR) is 147 cm³/mol. The maximum Gasteiger partial charge on any atom is 0.247 e. The third kappa shape index (κ3) is 5.31. The van der Waals surface area contributed by atoms with E-state index in [1.807, 2.05) is 56.6 Å². The van der Waals surface area contributed by atoms with Crippen LogP contribution in [0.2, 0.25) is 0 Å². The van der Waals surface area contributed by atoms with Crippen LogP contribution in [0.4, 0.5) is 5.69 Å². The lowest BCUT2D eigenvalue weighted by Gasteiger charge is -2.62. The maximum absolute atomic E-state index is 13.8. The van der Waals surface area contributed by atoms with Crippen LogP contribution in [0.5, 0.6) is 0 Å². The average molecular weight is 501 g/mol. The highest BCUT2D eigenvalue weighted by Crippen LogP contribution is 2.62. The molecule has 2 aromatic rings. The number of imidazole rings is 1. The number of ether oxygens (including phenoxy) is 1. The van der Waals surface area contributed by atoms with Crippen LogP contribution in [0.1, 0.15) is 67.7 Å². The maximum atomic E-state index is 13.8. The number of rotatable bonds is 13. The lowest BCUT2D eigenvalue weighted by atomic mass is 9.49. The molecule has 0 radical (unpaired) electrons. The minimum Gasteiger partial charge on any atom is -0.495 e. The number of anilines is 1. The summed E-state index contributed by atoms with van der Waals surface area (Å²) >= 11 is 0. The van der Waals surface area contributed by atoms with E-state index < -0.39 is 0 Å². The lowest BCUT2D eigenvalue weighted by Crippen LogP contribution is -2.59. The Bertz CT molecular complexity index is 1270. The van der Waals surface area contributed by atoms with E-state index in [4.69, 9.17) is 9.72 Å². The van der Waals surface area contributed by atoms with Gasteiger partial charge in [0.1, 0.15) is 17.1 Å². The molecular formula is C30H36N4O3. The van der Waals surface area contributed by atoms with E-state index in [9.17, 15) is 9.59 Å². The molecule has 3 aliphatic carbocycles. The van der Waals surface area contributed by atoms with Crippen molar-refractivity contribution in [1.82, 2.24) is 14.9 Å². The summed E-state index contributed by atoms with van der Waals surface area (Å²) in [6.45, 7) is 11.5. The Morgan fingerprint density at radius 3 is 2.65 bits per heavy atom. The van der Waals surface area contributed by atoms with Gasteiger partial charge in [0.25, 0.3) is 0 Å². The summed E-state index contributed by atoms with van der Waals surface area (Å²) in [4.78, 5) is 30.2. The summed E-state index contributed by atoms with van der Waals surface area (Å²) < 4.78 is 7.50. The van der Waals surface area contributed by atoms with Crippen LogP contribution >= 0.6 is 0 Å². The zero-order valence-corrected chi connectivity index (χ0v) is 22.0. The van der Waals surface area contributed by atoms with E-state index >= 15 is 0 Å². The van der Waals surface area contributed by atoms with Gasteiger partial charge < -0.3 is 19.9 Å². The Kier molecular flexibility index (Phi) is 7.81. The number of carbonyl (C=O) groups excluding carboxylic acids is 2. The fourth-order valence-corrected chi connectivity index (χ4v) is 5.24. The molecule has 3 saturated carbocycles. The van der Waals surface area contributed by atoms with Gasteiger partial charge in [0.15, 0.2) is 5.78 Å². The van der Waals surface area contributed by atoms with E-state index in [2.05, 4.69) is 28.4 Å². The number of Topliss-reactive ketones (excluding diaryl/α,β-unsaturated/α-hetero) is 1. The Morgan fingerprint density at radius 2 is 2.05 bits per heavy atom. The van der Waals surface area contributed by atoms with Crippen LogP contribution in [-0.2, 0) is 21.5 Å². The number of nitrogens with zero attached hydrogens (tertiary/aromatic N) is 2. The van der Waals surface area contributed by atoms with E-state index in [-0.39, 0.29) is 17.2 Å². The summed E-state index contributed by atoms with van der Waals surface area (Å²) in [5.74, 6) is 1.08. The molecule has 37 heavy (non-hydrogen) atoms. The standard InChI is InChI=1S/C30H36N4O3/c1-6-10-25(20(4)37-5)33-24(7-2)28-29(34(19-31-28)30-16-22(17-30)18-30)26(35)14-13-21-11-9-12-23(15-21)32-27(36)8-3/h7-12,15,19,22,33H,3-4,6,13-14,16-18H2,1-2,5H3,(H,32,36)/b24-7+,25-10+. The number of ketones is 1. The number of benzene rings is 1. The summed E-state index contributed by atoms with van der Waals surface area (Å²) in [6, 6.07) is 7.56. The van der Waals surface area contributed by atoms with Gasteiger partial charge in [-0.3, -0.25) is 9.59 Å². The molecule has 2 bridgehead atoms. The highest BCUT2D eigenvalue weighted by Gasteiger charge is 2.59. The number of aryl methyl sites for hydroxylation is 1. The molecule has 7 heteroatoms. The molecule has 1 aromatic carbocycles.